The van der Waals surface area contributed by atoms with E-state index in [-0.39, 0.29) is 22.6 Å². The van der Waals surface area contributed by atoms with Gasteiger partial charge in [-0.1, -0.05) is 0 Å². The van der Waals surface area contributed by atoms with Crippen LogP contribution in [0.4, 0.5) is 0 Å². The lowest BCUT2D eigenvalue weighted by atomic mass is 10.1. The van der Waals surface area contributed by atoms with Crippen LogP contribution in [0.15, 0.2) is 12.1 Å². The van der Waals surface area contributed by atoms with Crippen molar-refractivity contribution in [1.29, 1.82) is 0 Å². The summed E-state index contributed by atoms with van der Waals surface area (Å²) in [7, 11) is 2.73. The van der Waals surface area contributed by atoms with E-state index in [1.165, 1.54) is 26.4 Å². The number of benzene rings is 1. The van der Waals surface area contributed by atoms with Crippen molar-refractivity contribution in [3.63, 3.8) is 0 Å². The molecule has 0 aliphatic heterocycles. The summed E-state index contributed by atoms with van der Waals surface area (Å²) >= 11 is 0. The van der Waals surface area contributed by atoms with Crippen LogP contribution in [0, 0.1) is 6.85 Å². The maximum absolute atomic E-state index is 10.7. The fourth-order valence-corrected chi connectivity index (χ4v) is 1.01. The number of hydrogen-bond donors (Lipinski definition) is 0. The molecule has 0 radical (unpaired) electrons. The van der Waals surface area contributed by atoms with E-state index in [1.807, 2.05) is 0 Å². The molecule has 0 fully saturated rings. The van der Waals surface area contributed by atoms with Crippen molar-refractivity contribution in [1.82, 2.24) is 0 Å². The highest BCUT2D eigenvalue weighted by Crippen LogP contribution is 2.26. The molecule has 0 N–H and O–H groups in total. The van der Waals surface area contributed by atoms with E-state index in [9.17, 15) is 4.79 Å². The Morgan fingerprint density at radius 3 is 2.46 bits per heavy atom. The average Bonchev–Trinajstić information content (AvgIpc) is 2.25. The number of aryl methyl sites for hydroxylation is 1. The van der Waals surface area contributed by atoms with Crippen molar-refractivity contribution in [2.24, 2.45) is 0 Å². The van der Waals surface area contributed by atoms with Gasteiger partial charge in [0.25, 0.3) is 0 Å². The first-order chi connectivity index (χ1) is 7.43. The zero-order chi connectivity index (χ0) is 12.3. The molecule has 1 aromatic carbocycles. The molecular weight excluding hydrogens is 168 g/mol. The molecule has 0 bridgehead atoms. The Bertz CT molecular complexity index is 399. The summed E-state index contributed by atoms with van der Waals surface area (Å²) < 4.78 is 31.9. The van der Waals surface area contributed by atoms with Crippen LogP contribution in [0.25, 0.3) is 0 Å². The lowest BCUT2D eigenvalue weighted by molar-refractivity contribution is 0.112. The second-order valence-electron chi connectivity index (χ2n) is 2.41. The lowest BCUT2D eigenvalue weighted by Crippen LogP contribution is -1.94. The van der Waals surface area contributed by atoms with Gasteiger partial charge in [0.1, 0.15) is 11.5 Å². The Balaban J connectivity index is 3.43. The van der Waals surface area contributed by atoms with Gasteiger partial charge in [0, 0.05) is 4.11 Å². The Labute approximate surface area is 81.5 Å². The zero-order valence-corrected chi connectivity index (χ0v) is 7.46. The minimum absolute atomic E-state index is 0.0254. The minimum Gasteiger partial charge on any atom is -0.496 e. The normalized spacial score (nSPS) is 13.8. The van der Waals surface area contributed by atoms with E-state index < -0.39 is 6.85 Å². The Morgan fingerprint density at radius 2 is 2.00 bits per heavy atom. The predicted octanol–water partition coefficient (Wildman–Crippen LogP) is 1.82. The van der Waals surface area contributed by atoms with Crippen molar-refractivity contribution >= 4 is 6.29 Å². The highest BCUT2D eigenvalue weighted by Gasteiger charge is 2.06. The number of methoxy groups -OCH3 is 2. The quantitative estimate of drug-likeness (QED) is 0.670. The van der Waals surface area contributed by atoms with Gasteiger partial charge in [-0.2, -0.15) is 0 Å². The number of rotatable bonds is 3. The number of ether oxygens (including phenoxy) is 2. The van der Waals surface area contributed by atoms with E-state index in [4.69, 9.17) is 13.6 Å². The first kappa shape index (κ1) is 6.02. The van der Waals surface area contributed by atoms with Crippen LogP contribution in [0.2, 0.25) is 0 Å². The summed E-state index contributed by atoms with van der Waals surface area (Å²) in [5.41, 5.74) is 0.282. The Kier molecular flexibility index (Phi) is 1.82. The summed E-state index contributed by atoms with van der Waals surface area (Å²) in [4.78, 5) is 10.7. The molecule has 0 spiro atoms. The van der Waals surface area contributed by atoms with E-state index in [2.05, 4.69) is 0 Å². The molecule has 0 aliphatic rings. The Hall–Kier alpha value is -1.51. The third-order valence-electron chi connectivity index (χ3n) is 1.68. The molecule has 0 heterocycles. The number of aldehydes is 1. The highest BCUT2D eigenvalue weighted by molar-refractivity contribution is 5.80. The van der Waals surface area contributed by atoms with Crippen molar-refractivity contribution < 1.29 is 18.4 Å². The van der Waals surface area contributed by atoms with Gasteiger partial charge in [-0.25, -0.2) is 0 Å². The van der Waals surface area contributed by atoms with Gasteiger partial charge >= 0.3 is 0 Å². The fraction of sp³-hybridized carbons (Fsp3) is 0.300. The van der Waals surface area contributed by atoms with Crippen LogP contribution < -0.4 is 9.47 Å². The third-order valence-corrected chi connectivity index (χ3v) is 1.68. The SMILES string of the molecule is [2H]C([2H])([2H])c1cc(OC)c(C=O)cc1OC. The smallest absolute Gasteiger partial charge is 0.153 e. The first-order valence-electron chi connectivity index (χ1n) is 5.15. The molecule has 0 amide bonds. The molecule has 0 unspecified atom stereocenters. The van der Waals surface area contributed by atoms with E-state index in [1.54, 1.807) is 0 Å². The van der Waals surface area contributed by atoms with E-state index >= 15 is 0 Å². The summed E-state index contributed by atoms with van der Waals surface area (Å²) in [5.74, 6) is 0.379. The van der Waals surface area contributed by atoms with Crippen LogP contribution in [0.1, 0.15) is 20.0 Å². The number of carbonyl (C=O) groups is 1. The predicted molar refractivity (Wildman–Crippen MR) is 49.7 cm³/mol. The second-order valence-corrected chi connectivity index (χ2v) is 2.41. The molecule has 3 nitrogen and oxygen atoms in total. The molecule has 3 heteroatoms. The molecule has 70 valence electrons. The number of carbonyl (C=O) groups excluding carboxylic acids is 1. The van der Waals surface area contributed by atoms with Crippen LogP contribution in [-0.2, 0) is 0 Å². The summed E-state index contributed by atoms with van der Waals surface area (Å²) in [6, 6.07) is 2.66. The fourth-order valence-electron chi connectivity index (χ4n) is 1.01. The van der Waals surface area contributed by atoms with Gasteiger partial charge in [0.15, 0.2) is 6.29 Å². The van der Waals surface area contributed by atoms with Crippen molar-refractivity contribution in [2.45, 2.75) is 6.85 Å². The van der Waals surface area contributed by atoms with Gasteiger partial charge in [0.05, 0.1) is 19.8 Å². The standard InChI is InChI=1S/C10H12O3/c1-7-4-10(13-3)8(6-11)5-9(7)12-2/h4-6H,1-3H3/i1D3. The van der Waals surface area contributed by atoms with E-state index in [0.717, 1.165) is 0 Å². The Morgan fingerprint density at radius 1 is 1.31 bits per heavy atom. The number of hydrogen-bond acceptors (Lipinski definition) is 3. The van der Waals surface area contributed by atoms with Gasteiger partial charge < -0.3 is 9.47 Å². The van der Waals surface area contributed by atoms with Crippen molar-refractivity contribution in [3.8, 4) is 11.5 Å². The topological polar surface area (TPSA) is 35.5 Å². The molecule has 0 aromatic heterocycles. The van der Waals surface area contributed by atoms with Gasteiger partial charge in [-0.05, 0) is 24.5 Å². The van der Waals surface area contributed by atoms with Crippen LogP contribution in [-0.4, -0.2) is 20.5 Å². The highest BCUT2D eigenvalue weighted by atomic mass is 16.5. The average molecular weight is 183 g/mol. The van der Waals surface area contributed by atoms with Gasteiger partial charge in [0.2, 0.25) is 0 Å². The molecule has 13 heavy (non-hydrogen) atoms. The largest absolute Gasteiger partial charge is 0.496 e. The first-order valence-corrected chi connectivity index (χ1v) is 3.65. The van der Waals surface area contributed by atoms with Gasteiger partial charge in [-0.15, -0.1) is 0 Å². The van der Waals surface area contributed by atoms with Crippen molar-refractivity contribution in [3.05, 3.63) is 23.3 Å². The van der Waals surface area contributed by atoms with Crippen LogP contribution in [0.5, 0.6) is 11.5 Å². The van der Waals surface area contributed by atoms with Crippen LogP contribution in [0.3, 0.4) is 0 Å². The summed E-state index contributed by atoms with van der Waals surface area (Å²) in [5, 5.41) is 0. The molecule has 0 saturated heterocycles. The lowest BCUT2D eigenvalue weighted by Gasteiger charge is -2.08. The second kappa shape index (κ2) is 3.94. The summed E-state index contributed by atoms with van der Waals surface area (Å²) in [6.45, 7) is -2.31. The zero-order valence-electron chi connectivity index (χ0n) is 10.5. The maximum Gasteiger partial charge on any atom is 0.153 e. The molecular formula is C10H12O3. The maximum atomic E-state index is 10.7. The van der Waals surface area contributed by atoms with Crippen LogP contribution >= 0.6 is 0 Å². The molecule has 1 rings (SSSR count). The monoisotopic (exact) mass is 183 g/mol. The minimum atomic E-state index is -2.31. The third kappa shape index (κ3) is 1.80. The van der Waals surface area contributed by atoms with Gasteiger partial charge in [-0.3, -0.25) is 4.79 Å². The summed E-state index contributed by atoms with van der Waals surface area (Å²) in [6.07, 6.45) is 0.588. The van der Waals surface area contributed by atoms with E-state index in [0.29, 0.717) is 6.29 Å². The molecule has 0 atom stereocenters. The molecule has 0 saturated carbocycles. The molecule has 1 aromatic rings. The molecule has 0 aliphatic carbocycles. The van der Waals surface area contributed by atoms with Crippen molar-refractivity contribution in [2.75, 3.05) is 14.2 Å².